The highest BCUT2D eigenvalue weighted by atomic mass is 32.2. The van der Waals surface area contributed by atoms with E-state index in [2.05, 4.69) is 16.8 Å². The van der Waals surface area contributed by atoms with Crippen LogP contribution < -0.4 is 19.3 Å². The van der Waals surface area contributed by atoms with E-state index in [0.717, 1.165) is 17.3 Å². The molecular weight excluding hydrogens is 358 g/mol. The molecule has 9 heteroatoms. The highest BCUT2D eigenvalue weighted by Crippen LogP contribution is 2.41. The van der Waals surface area contributed by atoms with Crippen LogP contribution in [-0.4, -0.2) is 47.8 Å². The number of methoxy groups -OCH3 is 3. The Hall–Kier alpha value is -2.68. The molecule has 0 fully saturated rings. The molecule has 0 saturated carbocycles. The average Bonchev–Trinajstić information content (AvgIpc) is 3.00. The molecule has 2 aromatic rings. The van der Waals surface area contributed by atoms with Gasteiger partial charge >= 0.3 is 0 Å². The molecule has 0 saturated heterocycles. The Bertz CT molecular complexity index is 794. The van der Waals surface area contributed by atoms with E-state index in [1.165, 1.54) is 21.3 Å². The van der Waals surface area contributed by atoms with Gasteiger partial charge in [0.2, 0.25) is 5.75 Å². The molecule has 1 aromatic heterocycles. The number of carboxylic acids is 1. The van der Waals surface area contributed by atoms with Crippen molar-refractivity contribution in [2.45, 2.75) is 18.6 Å². The van der Waals surface area contributed by atoms with E-state index in [9.17, 15) is 9.90 Å². The SMILES string of the molecule is C=C(C)Cn1c(SCC(=O)[O-])nnc1-c1cc(OC)c(OC)c(OC)c1. The van der Waals surface area contributed by atoms with Gasteiger partial charge in [-0.2, -0.15) is 0 Å². The first-order valence-corrected chi connectivity index (χ1v) is 8.60. The maximum Gasteiger partial charge on any atom is 0.203 e. The fourth-order valence-corrected chi connectivity index (χ4v) is 3.01. The first-order chi connectivity index (χ1) is 12.4. The van der Waals surface area contributed by atoms with E-state index < -0.39 is 5.97 Å². The number of hydrogen-bond donors (Lipinski definition) is 0. The number of thioether (sulfide) groups is 1. The minimum Gasteiger partial charge on any atom is -0.549 e. The number of nitrogens with zero attached hydrogens (tertiary/aromatic N) is 3. The van der Waals surface area contributed by atoms with Crippen LogP contribution in [0, 0.1) is 0 Å². The molecule has 8 nitrogen and oxygen atoms in total. The molecule has 0 aliphatic heterocycles. The predicted octanol–water partition coefficient (Wildman–Crippen LogP) is 1.39. The van der Waals surface area contributed by atoms with Crippen molar-refractivity contribution < 1.29 is 24.1 Å². The van der Waals surface area contributed by atoms with Gasteiger partial charge in [0, 0.05) is 17.9 Å². The van der Waals surface area contributed by atoms with Crippen LogP contribution in [0.15, 0.2) is 29.4 Å². The number of carbonyl (C=O) groups excluding carboxylic acids is 1. The molecule has 0 bridgehead atoms. The monoisotopic (exact) mass is 378 g/mol. The Morgan fingerprint density at radius 2 is 1.81 bits per heavy atom. The van der Waals surface area contributed by atoms with Crippen LogP contribution in [0.25, 0.3) is 11.4 Å². The van der Waals surface area contributed by atoms with Crippen molar-refractivity contribution in [3.63, 3.8) is 0 Å². The smallest absolute Gasteiger partial charge is 0.203 e. The summed E-state index contributed by atoms with van der Waals surface area (Å²) in [4.78, 5) is 10.8. The number of benzene rings is 1. The van der Waals surface area contributed by atoms with Gasteiger partial charge in [-0.05, 0) is 19.1 Å². The van der Waals surface area contributed by atoms with Crippen molar-refractivity contribution in [3.8, 4) is 28.6 Å². The Morgan fingerprint density at radius 3 is 2.27 bits per heavy atom. The lowest BCUT2D eigenvalue weighted by Crippen LogP contribution is -2.24. The topological polar surface area (TPSA) is 98.5 Å². The van der Waals surface area contributed by atoms with Crippen LogP contribution in [0.4, 0.5) is 0 Å². The van der Waals surface area contributed by atoms with Gasteiger partial charge in [-0.15, -0.1) is 10.2 Å². The van der Waals surface area contributed by atoms with Crippen molar-refractivity contribution in [1.82, 2.24) is 14.8 Å². The summed E-state index contributed by atoms with van der Waals surface area (Å²) in [5.74, 6) is 0.578. The minimum absolute atomic E-state index is 0.219. The molecule has 1 heterocycles. The molecule has 0 N–H and O–H groups in total. The lowest BCUT2D eigenvalue weighted by Gasteiger charge is -2.15. The number of aromatic nitrogens is 3. The second-order valence-corrected chi connectivity index (χ2v) is 6.37. The van der Waals surface area contributed by atoms with E-state index in [4.69, 9.17) is 14.2 Å². The molecule has 26 heavy (non-hydrogen) atoms. The third-order valence-corrected chi connectivity index (χ3v) is 4.33. The molecule has 1 aromatic carbocycles. The predicted molar refractivity (Wildman–Crippen MR) is 95.7 cm³/mol. The summed E-state index contributed by atoms with van der Waals surface area (Å²) < 4.78 is 17.9. The Labute approximate surface area is 155 Å². The molecule has 0 radical (unpaired) electrons. The molecule has 2 rings (SSSR count). The largest absolute Gasteiger partial charge is 0.549 e. The Balaban J connectivity index is 2.56. The number of hydrogen-bond acceptors (Lipinski definition) is 8. The fourth-order valence-electron chi connectivity index (χ4n) is 2.36. The van der Waals surface area contributed by atoms with Gasteiger partial charge in [0.25, 0.3) is 0 Å². The summed E-state index contributed by atoms with van der Waals surface area (Å²) in [5, 5.41) is 19.5. The second-order valence-electron chi connectivity index (χ2n) is 5.42. The van der Waals surface area contributed by atoms with E-state index in [1.54, 1.807) is 16.7 Å². The summed E-state index contributed by atoms with van der Waals surface area (Å²) in [6, 6.07) is 3.51. The van der Waals surface area contributed by atoms with Crippen LogP contribution in [-0.2, 0) is 11.3 Å². The molecular formula is C17H20N3O5S-. The number of rotatable bonds is 9. The minimum atomic E-state index is -1.17. The summed E-state index contributed by atoms with van der Waals surface area (Å²) >= 11 is 1.04. The number of aliphatic carboxylic acids is 1. The van der Waals surface area contributed by atoms with Crippen LogP contribution in [0.3, 0.4) is 0 Å². The summed E-state index contributed by atoms with van der Waals surface area (Å²) in [7, 11) is 4.58. The van der Waals surface area contributed by atoms with Gasteiger partial charge in [-0.1, -0.05) is 23.9 Å². The summed E-state index contributed by atoms with van der Waals surface area (Å²) in [6.07, 6.45) is 0. The van der Waals surface area contributed by atoms with Crippen LogP contribution in [0.2, 0.25) is 0 Å². The van der Waals surface area contributed by atoms with Crippen molar-refractivity contribution in [2.24, 2.45) is 0 Å². The van der Waals surface area contributed by atoms with E-state index in [1.807, 2.05) is 6.92 Å². The van der Waals surface area contributed by atoms with Crippen molar-refractivity contribution in [3.05, 3.63) is 24.3 Å². The Morgan fingerprint density at radius 1 is 1.19 bits per heavy atom. The molecule has 0 unspecified atom stereocenters. The van der Waals surface area contributed by atoms with Crippen molar-refractivity contribution in [2.75, 3.05) is 27.1 Å². The average molecular weight is 378 g/mol. The van der Waals surface area contributed by atoms with E-state index in [0.29, 0.717) is 40.3 Å². The van der Waals surface area contributed by atoms with Gasteiger partial charge in [0.15, 0.2) is 22.5 Å². The number of carboxylic acid groups (broad SMARTS) is 1. The van der Waals surface area contributed by atoms with E-state index >= 15 is 0 Å². The fraction of sp³-hybridized carbons (Fsp3) is 0.353. The molecule has 140 valence electrons. The normalized spacial score (nSPS) is 10.5. The molecule has 0 aliphatic carbocycles. The summed E-state index contributed by atoms with van der Waals surface area (Å²) in [5.41, 5.74) is 1.56. The quantitative estimate of drug-likeness (QED) is 0.477. The van der Waals surface area contributed by atoms with E-state index in [-0.39, 0.29) is 5.75 Å². The van der Waals surface area contributed by atoms with Gasteiger partial charge < -0.3 is 24.1 Å². The third-order valence-electron chi connectivity index (χ3n) is 3.39. The highest BCUT2D eigenvalue weighted by molar-refractivity contribution is 7.99. The zero-order valence-corrected chi connectivity index (χ0v) is 15.9. The van der Waals surface area contributed by atoms with Crippen molar-refractivity contribution >= 4 is 17.7 Å². The molecule has 0 spiro atoms. The maximum atomic E-state index is 10.8. The van der Waals surface area contributed by atoms with Gasteiger partial charge in [0.1, 0.15) is 0 Å². The molecule has 0 amide bonds. The standard InChI is InChI=1S/C17H21N3O5S/c1-10(2)8-20-16(18-19-17(20)26-9-14(21)22)11-6-12(23-3)15(25-5)13(7-11)24-4/h6-7H,1,8-9H2,2-5H3,(H,21,22)/p-1. The van der Waals surface area contributed by atoms with Crippen LogP contribution in [0.1, 0.15) is 6.92 Å². The van der Waals surface area contributed by atoms with Crippen LogP contribution in [0.5, 0.6) is 17.2 Å². The van der Waals surface area contributed by atoms with Gasteiger partial charge in [-0.3, -0.25) is 4.57 Å². The molecule has 0 atom stereocenters. The number of ether oxygens (including phenoxy) is 3. The third kappa shape index (κ3) is 4.29. The van der Waals surface area contributed by atoms with Gasteiger partial charge in [-0.25, -0.2) is 0 Å². The highest BCUT2D eigenvalue weighted by Gasteiger charge is 2.19. The van der Waals surface area contributed by atoms with Crippen LogP contribution >= 0.6 is 11.8 Å². The lowest BCUT2D eigenvalue weighted by molar-refractivity contribution is -0.301. The second kappa shape index (κ2) is 8.61. The zero-order chi connectivity index (χ0) is 19.3. The maximum absolute atomic E-state index is 10.8. The summed E-state index contributed by atoms with van der Waals surface area (Å²) in [6.45, 7) is 6.22. The van der Waals surface area contributed by atoms with Gasteiger partial charge in [0.05, 0.1) is 27.3 Å². The first kappa shape index (κ1) is 19.6. The van der Waals surface area contributed by atoms with Crippen molar-refractivity contribution in [1.29, 1.82) is 0 Å². The molecule has 0 aliphatic rings. The number of carbonyl (C=O) groups is 1. The zero-order valence-electron chi connectivity index (χ0n) is 15.1. The lowest BCUT2D eigenvalue weighted by atomic mass is 10.1. The first-order valence-electron chi connectivity index (χ1n) is 7.61. The Kier molecular flexibility index (Phi) is 6.51. The number of allylic oxidation sites excluding steroid dienone is 1.